The van der Waals surface area contributed by atoms with Crippen molar-refractivity contribution in [2.75, 3.05) is 19.3 Å². The molecule has 0 bridgehead atoms. The molecule has 0 atom stereocenters. The van der Waals surface area contributed by atoms with E-state index in [1.807, 2.05) is 13.0 Å². The summed E-state index contributed by atoms with van der Waals surface area (Å²) in [5.41, 5.74) is -0.140. The topological polar surface area (TPSA) is 66.1 Å². The second-order valence-electron chi connectivity index (χ2n) is 4.90. The van der Waals surface area contributed by atoms with E-state index in [4.69, 9.17) is 0 Å². The van der Waals surface area contributed by atoms with Crippen LogP contribution in [0.2, 0.25) is 0 Å². The summed E-state index contributed by atoms with van der Waals surface area (Å²) in [4.78, 5) is 34.5. The summed E-state index contributed by atoms with van der Waals surface area (Å²) < 4.78 is 0. The fourth-order valence-corrected chi connectivity index (χ4v) is 3.60. The molecule has 0 radical (unpaired) electrons. The molecule has 5 nitrogen and oxygen atoms in total. The third-order valence-corrected chi connectivity index (χ3v) is 4.91. The van der Waals surface area contributed by atoms with Gasteiger partial charge in [-0.3, -0.25) is 9.59 Å². The van der Waals surface area contributed by atoms with Gasteiger partial charge in [0, 0.05) is 18.5 Å². The van der Waals surface area contributed by atoms with Gasteiger partial charge in [0.25, 0.3) is 5.56 Å². The van der Waals surface area contributed by atoms with Crippen LogP contribution in [0.1, 0.15) is 24.6 Å². The Kier molecular flexibility index (Phi) is 5.41. The van der Waals surface area contributed by atoms with Crippen LogP contribution in [0.5, 0.6) is 0 Å². The van der Waals surface area contributed by atoms with E-state index in [9.17, 15) is 9.59 Å². The highest BCUT2D eigenvalue weighted by molar-refractivity contribution is 7.99. The normalized spacial score (nSPS) is 11.0. The van der Waals surface area contributed by atoms with Crippen molar-refractivity contribution in [3.8, 4) is 0 Å². The number of hydrogen-bond donors (Lipinski definition) is 1. The standard InChI is InChI=1S/C14H19N3O2S2/c1-4-5-6-17(3)11(18)8-20-14-15-12(19)10-7-9(2)21-13(10)16-14/h7H,4-6,8H2,1-3H3,(H,15,16,19). The number of fused-ring (bicyclic) bond motifs is 1. The summed E-state index contributed by atoms with van der Waals surface area (Å²) in [5, 5.41) is 1.12. The average Bonchev–Trinajstić information content (AvgIpc) is 2.83. The van der Waals surface area contributed by atoms with E-state index < -0.39 is 0 Å². The van der Waals surface area contributed by atoms with Gasteiger partial charge in [-0.25, -0.2) is 4.98 Å². The van der Waals surface area contributed by atoms with E-state index in [1.54, 1.807) is 11.9 Å². The molecule has 0 aliphatic heterocycles. The molecule has 1 amide bonds. The fraction of sp³-hybridized carbons (Fsp3) is 0.500. The molecule has 2 aromatic rings. The molecule has 0 aromatic carbocycles. The van der Waals surface area contributed by atoms with Gasteiger partial charge in [-0.15, -0.1) is 11.3 Å². The van der Waals surface area contributed by atoms with Gasteiger partial charge < -0.3 is 9.88 Å². The maximum absolute atomic E-state index is 12.0. The summed E-state index contributed by atoms with van der Waals surface area (Å²) in [5.74, 6) is 0.345. The predicted octanol–water partition coefficient (Wildman–Crippen LogP) is 2.64. The molecule has 1 N–H and O–H groups in total. The van der Waals surface area contributed by atoms with E-state index in [0.29, 0.717) is 16.3 Å². The number of nitrogens with zero attached hydrogens (tertiary/aromatic N) is 2. The van der Waals surface area contributed by atoms with Crippen LogP contribution in [0.15, 0.2) is 16.0 Å². The van der Waals surface area contributed by atoms with Gasteiger partial charge in [0.15, 0.2) is 5.16 Å². The number of unbranched alkanes of at least 4 members (excludes halogenated alkanes) is 1. The molecule has 2 aromatic heterocycles. The van der Waals surface area contributed by atoms with Crippen molar-refractivity contribution < 1.29 is 4.79 Å². The molecule has 0 aliphatic carbocycles. The van der Waals surface area contributed by atoms with Gasteiger partial charge in [-0.05, 0) is 19.4 Å². The maximum Gasteiger partial charge on any atom is 0.260 e. The molecular weight excluding hydrogens is 306 g/mol. The van der Waals surface area contributed by atoms with Crippen molar-refractivity contribution in [2.24, 2.45) is 0 Å². The third kappa shape index (κ3) is 4.07. The molecule has 21 heavy (non-hydrogen) atoms. The lowest BCUT2D eigenvalue weighted by molar-refractivity contribution is -0.127. The minimum Gasteiger partial charge on any atom is -0.345 e. The highest BCUT2D eigenvalue weighted by Gasteiger charge is 2.12. The van der Waals surface area contributed by atoms with Gasteiger partial charge in [0.1, 0.15) is 4.83 Å². The summed E-state index contributed by atoms with van der Waals surface area (Å²) >= 11 is 2.77. The number of nitrogens with one attached hydrogen (secondary N) is 1. The molecule has 0 saturated carbocycles. The van der Waals surface area contributed by atoms with Crippen molar-refractivity contribution in [2.45, 2.75) is 31.8 Å². The molecule has 0 unspecified atom stereocenters. The first-order valence-corrected chi connectivity index (χ1v) is 8.68. The van der Waals surface area contributed by atoms with E-state index >= 15 is 0 Å². The van der Waals surface area contributed by atoms with Crippen LogP contribution >= 0.6 is 23.1 Å². The van der Waals surface area contributed by atoms with Crippen LogP contribution in [0.4, 0.5) is 0 Å². The monoisotopic (exact) mass is 325 g/mol. The van der Waals surface area contributed by atoms with Crippen LogP contribution < -0.4 is 5.56 Å². The summed E-state index contributed by atoms with van der Waals surface area (Å²) in [6.45, 7) is 4.81. The molecule has 0 fully saturated rings. The highest BCUT2D eigenvalue weighted by atomic mass is 32.2. The lowest BCUT2D eigenvalue weighted by Crippen LogP contribution is -2.29. The van der Waals surface area contributed by atoms with E-state index in [1.165, 1.54) is 23.1 Å². The van der Waals surface area contributed by atoms with E-state index in [0.717, 1.165) is 29.1 Å². The highest BCUT2D eigenvalue weighted by Crippen LogP contribution is 2.22. The number of rotatable bonds is 6. The van der Waals surface area contributed by atoms with Gasteiger partial charge in [0.2, 0.25) is 5.91 Å². The lowest BCUT2D eigenvalue weighted by atomic mass is 10.3. The molecular formula is C14H19N3O2S2. The van der Waals surface area contributed by atoms with Crippen LogP contribution in [0.3, 0.4) is 0 Å². The van der Waals surface area contributed by atoms with Crippen LogP contribution in [-0.2, 0) is 4.79 Å². The molecule has 0 saturated heterocycles. The van der Waals surface area contributed by atoms with Crippen LogP contribution in [0.25, 0.3) is 10.2 Å². The van der Waals surface area contributed by atoms with Crippen LogP contribution in [-0.4, -0.2) is 40.1 Å². The molecule has 0 spiro atoms. The average molecular weight is 325 g/mol. The second-order valence-corrected chi connectivity index (χ2v) is 7.10. The number of H-pyrrole nitrogens is 1. The molecule has 2 heterocycles. The van der Waals surface area contributed by atoms with E-state index in [-0.39, 0.29) is 11.5 Å². The number of aromatic nitrogens is 2. The Morgan fingerprint density at radius 1 is 1.52 bits per heavy atom. The first kappa shape index (κ1) is 16.0. The Morgan fingerprint density at radius 2 is 2.29 bits per heavy atom. The second kappa shape index (κ2) is 7.09. The van der Waals surface area contributed by atoms with Crippen molar-refractivity contribution in [3.63, 3.8) is 0 Å². The zero-order chi connectivity index (χ0) is 15.4. The van der Waals surface area contributed by atoms with Crippen molar-refractivity contribution in [3.05, 3.63) is 21.3 Å². The Morgan fingerprint density at radius 3 is 3.00 bits per heavy atom. The smallest absolute Gasteiger partial charge is 0.260 e. The molecule has 114 valence electrons. The van der Waals surface area contributed by atoms with Gasteiger partial charge in [-0.1, -0.05) is 25.1 Å². The minimum absolute atomic E-state index is 0.0542. The number of thioether (sulfide) groups is 1. The van der Waals surface area contributed by atoms with Crippen molar-refractivity contribution in [1.29, 1.82) is 0 Å². The number of aromatic amines is 1. The third-order valence-electron chi connectivity index (χ3n) is 3.11. The van der Waals surface area contributed by atoms with E-state index in [2.05, 4.69) is 16.9 Å². The number of carbonyl (C=O) groups excluding carboxylic acids is 1. The Bertz CT molecular complexity index is 693. The maximum atomic E-state index is 12.0. The summed E-state index contributed by atoms with van der Waals surface area (Å²) in [6.07, 6.45) is 2.07. The lowest BCUT2D eigenvalue weighted by Gasteiger charge is -2.15. The van der Waals surface area contributed by atoms with Gasteiger partial charge in [-0.2, -0.15) is 0 Å². The Hall–Kier alpha value is -1.34. The molecule has 2 rings (SSSR count). The first-order chi connectivity index (χ1) is 10.0. The Balaban J connectivity index is 2.03. The predicted molar refractivity (Wildman–Crippen MR) is 88.2 cm³/mol. The zero-order valence-corrected chi connectivity index (χ0v) is 14.1. The SMILES string of the molecule is CCCCN(C)C(=O)CSc1nc2sc(C)cc2c(=O)[nH]1. The number of carbonyl (C=O) groups is 1. The number of amides is 1. The van der Waals surface area contributed by atoms with Gasteiger partial charge in [0.05, 0.1) is 11.1 Å². The van der Waals surface area contributed by atoms with Crippen LogP contribution in [0, 0.1) is 6.92 Å². The number of aryl methyl sites for hydroxylation is 1. The summed E-state index contributed by atoms with van der Waals surface area (Å²) in [6, 6.07) is 1.84. The number of thiophene rings is 1. The first-order valence-electron chi connectivity index (χ1n) is 6.88. The fourth-order valence-electron chi connectivity index (χ4n) is 1.86. The Labute approximate surface area is 131 Å². The number of hydrogen-bond acceptors (Lipinski definition) is 5. The van der Waals surface area contributed by atoms with Crippen molar-refractivity contribution in [1.82, 2.24) is 14.9 Å². The van der Waals surface area contributed by atoms with Crippen molar-refractivity contribution >= 4 is 39.2 Å². The quantitative estimate of drug-likeness (QED) is 0.655. The zero-order valence-electron chi connectivity index (χ0n) is 12.4. The summed E-state index contributed by atoms with van der Waals surface area (Å²) in [7, 11) is 1.81. The molecule has 7 heteroatoms. The minimum atomic E-state index is -0.140. The largest absolute Gasteiger partial charge is 0.345 e. The van der Waals surface area contributed by atoms with Gasteiger partial charge >= 0.3 is 0 Å². The molecule has 0 aliphatic rings.